The summed E-state index contributed by atoms with van der Waals surface area (Å²) in [6.45, 7) is 4.05. The Labute approximate surface area is 107 Å². The number of unbranched alkanes of at least 4 members (excludes halogenated alkanes) is 6. The summed E-state index contributed by atoms with van der Waals surface area (Å²) in [5.74, 6) is 0.591. The van der Waals surface area contributed by atoms with E-state index in [-0.39, 0.29) is 11.8 Å². The van der Waals surface area contributed by atoms with Gasteiger partial charge in [0.05, 0.1) is 11.5 Å². The lowest BCUT2D eigenvalue weighted by Crippen LogP contribution is -2.21. The van der Waals surface area contributed by atoms with Crippen molar-refractivity contribution in [3.63, 3.8) is 0 Å². The Kier molecular flexibility index (Phi) is 9.84. The second kappa shape index (κ2) is 9.89. The fourth-order valence-electron chi connectivity index (χ4n) is 1.75. The first kappa shape index (κ1) is 16.9. The van der Waals surface area contributed by atoms with E-state index in [1.807, 2.05) is 6.92 Å². The van der Waals surface area contributed by atoms with Crippen LogP contribution in [0.2, 0.25) is 0 Å². The van der Waals surface area contributed by atoms with Gasteiger partial charge in [0.2, 0.25) is 0 Å². The Balaban J connectivity index is 3.46. The molecule has 0 saturated carbocycles. The van der Waals surface area contributed by atoms with Crippen LogP contribution < -0.4 is 5.73 Å². The predicted octanol–water partition coefficient (Wildman–Crippen LogP) is 2.89. The number of nitrogens with two attached hydrogens (primary N) is 1. The number of sulfone groups is 1. The predicted molar refractivity (Wildman–Crippen MR) is 74.9 cm³/mol. The van der Waals surface area contributed by atoms with Gasteiger partial charge in [-0.05, 0) is 19.8 Å². The highest BCUT2D eigenvalue weighted by molar-refractivity contribution is 7.91. The summed E-state index contributed by atoms with van der Waals surface area (Å²) >= 11 is 0. The molecule has 17 heavy (non-hydrogen) atoms. The Morgan fingerprint density at radius 2 is 1.47 bits per heavy atom. The van der Waals surface area contributed by atoms with E-state index in [1.165, 1.54) is 32.1 Å². The van der Waals surface area contributed by atoms with Gasteiger partial charge >= 0.3 is 0 Å². The molecule has 0 aliphatic heterocycles. The highest BCUT2D eigenvalue weighted by atomic mass is 32.2. The van der Waals surface area contributed by atoms with Gasteiger partial charge in [-0.1, -0.05) is 45.4 Å². The first-order valence-corrected chi connectivity index (χ1v) is 8.76. The second-order valence-corrected chi connectivity index (χ2v) is 7.34. The van der Waals surface area contributed by atoms with Gasteiger partial charge in [0, 0.05) is 6.04 Å². The van der Waals surface area contributed by atoms with Crippen molar-refractivity contribution in [3.8, 4) is 0 Å². The molecule has 0 aromatic carbocycles. The minimum Gasteiger partial charge on any atom is -0.328 e. The summed E-state index contributed by atoms with van der Waals surface area (Å²) < 4.78 is 23.2. The van der Waals surface area contributed by atoms with E-state index in [0.29, 0.717) is 12.2 Å². The van der Waals surface area contributed by atoms with E-state index in [1.54, 1.807) is 0 Å². The van der Waals surface area contributed by atoms with E-state index in [4.69, 9.17) is 5.73 Å². The standard InChI is InChI=1S/C13H29NO2S/c1-3-4-5-6-7-8-9-11-17(15,16)12-10-13(2)14/h13H,3-12,14H2,1-2H3. The molecule has 0 amide bonds. The molecule has 4 heteroatoms. The topological polar surface area (TPSA) is 60.2 Å². The molecular weight excluding hydrogens is 234 g/mol. The lowest BCUT2D eigenvalue weighted by atomic mass is 10.1. The van der Waals surface area contributed by atoms with E-state index in [9.17, 15) is 8.42 Å². The van der Waals surface area contributed by atoms with Crippen molar-refractivity contribution < 1.29 is 8.42 Å². The third-order valence-corrected chi connectivity index (χ3v) is 4.71. The van der Waals surface area contributed by atoms with Crippen LogP contribution in [0.15, 0.2) is 0 Å². The number of hydrogen-bond acceptors (Lipinski definition) is 3. The number of hydrogen-bond donors (Lipinski definition) is 1. The molecule has 0 bridgehead atoms. The normalized spacial score (nSPS) is 13.8. The van der Waals surface area contributed by atoms with Gasteiger partial charge in [-0.2, -0.15) is 0 Å². The zero-order valence-electron chi connectivity index (χ0n) is 11.5. The van der Waals surface area contributed by atoms with Crippen molar-refractivity contribution in [1.29, 1.82) is 0 Å². The average Bonchev–Trinajstić information content (AvgIpc) is 2.25. The molecule has 0 aliphatic rings. The first-order chi connectivity index (χ1) is 7.98. The summed E-state index contributed by atoms with van der Waals surface area (Å²) in [5.41, 5.74) is 5.56. The lowest BCUT2D eigenvalue weighted by molar-refractivity contribution is 0.573. The molecule has 0 aliphatic carbocycles. The van der Waals surface area contributed by atoms with E-state index < -0.39 is 9.84 Å². The van der Waals surface area contributed by atoms with Crippen molar-refractivity contribution in [2.45, 2.75) is 71.3 Å². The molecule has 3 nitrogen and oxygen atoms in total. The smallest absolute Gasteiger partial charge is 0.150 e. The van der Waals surface area contributed by atoms with Crippen molar-refractivity contribution >= 4 is 9.84 Å². The summed E-state index contributed by atoms with van der Waals surface area (Å²) in [4.78, 5) is 0. The minimum absolute atomic E-state index is 0.0150. The highest BCUT2D eigenvalue weighted by Gasteiger charge is 2.11. The largest absolute Gasteiger partial charge is 0.328 e. The SMILES string of the molecule is CCCCCCCCCS(=O)(=O)CCC(C)N. The van der Waals surface area contributed by atoms with Crippen LogP contribution in [0.5, 0.6) is 0 Å². The van der Waals surface area contributed by atoms with Gasteiger partial charge in [0.25, 0.3) is 0 Å². The van der Waals surface area contributed by atoms with Crippen LogP contribution >= 0.6 is 0 Å². The molecule has 1 atom stereocenters. The maximum atomic E-state index is 11.6. The molecule has 0 radical (unpaired) electrons. The van der Waals surface area contributed by atoms with Crippen LogP contribution in [0.4, 0.5) is 0 Å². The van der Waals surface area contributed by atoms with Crippen LogP contribution in [0.25, 0.3) is 0 Å². The molecule has 0 saturated heterocycles. The Morgan fingerprint density at radius 1 is 0.941 bits per heavy atom. The summed E-state index contributed by atoms with van der Waals surface area (Å²) in [6, 6.07) is -0.0150. The highest BCUT2D eigenvalue weighted by Crippen LogP contribution is 2.08. The van der Waals surface area contributed by atoms with Crippen molar-refractivity contribution in [3.05, 3.63) is 0 Å². The average molecular weight is 263 g/mol. The Hall–Kier alpha value is -0.0900. The minimum atomic E-state index is -2.85. The van der Waals surface area contributed by atoms with Crippen molar-refractivity contribution in [2.24, 2.45) is 5.73 Å². The molecule has 1 unspecified atom stereocenters. The van der Waals surface area contributed by atoms with Crippen LogP contribution in [-0.4, -0.2) is 26.0 Å². The first-order valence-electron chi connectivity index (χ1n) is 6.94. The second-order valence-electron chi connectivity index (χ2n) is 5.04. The molecular formula is C13H29NO2S. The zero-order chi connectivity index (χ0) is 13.1. The zero-order valence-corrected chi connectivity index (χ0v) is 12.3. The van der Waals surface area contributed by atoms with Gasteiger partial charge in [0.1, 0.15) is 9.84 Å². The van der Waals surface area contributed by atoms with Gasteiger partial charge in [-0.3, -0.25) is 0 Å². The molecule has 2 N–H and O–H groups in total. The summed E-state index contributed by atoms with van der Waals surface area (Å²) in [5, 5.41) is 0. The molecule has 0 fully saturated rings. The lowest BCUT2D eigenvalue weighted by Gasteiger charge is -2.06. The maximum Gasteiger partial charge on any atom is 0.150 e. The van der Waals surface area contributed by atoms with E-state index in [0.717, 1.165) is 12.8 Å². The molecule has 104 valence electrons. The Bertz CT molecular complexity index is 261. The summed E-state index contributed by atoms with van der Waals surface area (Å²) in [6.07, 6.45) is 8.69. The Morgan fingerprint density at radius 3 is 2.00 bits per heavy atom. The maximum absolute atomic E-state index is 11.6. The van der Waals surface area contributed by atoms with Crippen LogP contribution in [0.3, 0.4) is 0 Å². The quantitative estimate of drug-likeness (QED) is 0.583. The molecule has 0 rings (SSSR count). The fraction of sp³-hybridized carbons (Fsp3) is 1.00. The van der Waals surface area contributed by atoms with Crippen molar-refractivity contribution in [2.75, 3.05) is 11.5 Å². The van der Waals surface area contributed by atoms with Gasteiger partial charge < -0.3 is 5.73 Å². The van der Waals surface area contributed by atoms with E-state index in [2.05, 4.69) is 6.92 Å². The van der Waals surface area contributed by atoms with Gasteiger partial charge in [-0.15, -0.1) is 0 Å². The fourth-order valence-corrected chi connectivity index (χ4v) is 3.33. The van der Waals surface area contributed by atoms with Crippen LogP contribution in [-0.2, 0) is 9.84 Å². The third-order valence-electron chi connectivity index (χ3n) is 2.94. The number of rotatable bonds is 11. The molecule has 0 aromatic heterocycles. The molecule has 0 heterocycles. The van der Waals surface area contributed by atoms with Gasteiger partial charge in [-0.25, -0.2) is 8.42 Å². The van der Waals surface area contributed by atoms with Crippen LogP contribution in [0.1, 0.15) is 65.2 Å². The monoisotopic (exact) mass is 263 g/mol. The van der Waals surface area contributed by atoms with Gasteiger partial charge in [0.15, 0.2) is 0 Å². The van der Waals surface area contributed by atoms with E-state index >= 15 is 0 Å². The molecule has 0 spiro atoms. The summed E-state index contributed by atoms with van der Waals surface area (Å²) in [7, 11) is -2.85. The molecule has 0 aromatic rings. The third kappa shape index (κ3) is 12.2. The van der Waals surface area contributed by atoms with Crippen LogP contribution in [0, 0.1) is 0 Å². The van der Waals surface area contributed by atoms with Crippen molar-refractivity contribution in [1.82, 2.24) is 0 Å².